The topological polar surface area (TPSA) is 215 Å². The highest BCUT2D eigenvalue weighted by molar-refractivity contribution is 7.43. The molecule has 21 heavy (non-hydrogen) atoms. The molecule has 0 saturated carbocycles. The van der Waals surface area contributed by atoms with Gasteiger partial charge < -0.3 is 42.6 Å². The zero-order chi connectivity index (χ0) is 17.4. The molecule has 12 heteroatoms. The highest BCUT2D eigenvalue weighted by Crippen LogP contribution is 2.18. The number of aliphatic hydroxyl groups excluding tert-OH is 2. The van der Waals surface area contributed by atoms with Crippen molar-refractivity contribution in [2.24, 2.45) is 11.5 Å². The van der Waals surface area contributed by atoms with Crippen LogP contribution in [-0.4, -0.2) is 52.3 Å². The average Bonchev–Trinajstić information content (AvgIpc) is 2.15. The molecule has 0 amide bonds. The van der Waals surface area contributed by atoms with Crippen LogP contribution in [0.3, 0.4) is 0 Å². The fraction of sp³-hybridized carbons (Fsp3) is 0.889. The van der Waals surface area contributed by atoms with E-state index in [1.807, 2.05) is 26.3 Å². The van der Waals surface area contributed by atoms with Crippen LogP contribution in [-0.2, 0) is 4.57 Å². The predicted octanol–water partition coefficient (Wildman–Crippen LogP) is -8.20. The van der Waals surface area contributed by atoms with Crippen LogP contribution in [0.4, 0.5) is 0 Å². The van der Waals surface area contributed by atoms with Gasteiger partial charge in [-0.1, -0.05) is 13.3 Å². The number of hydrogen-bond donors (Lipinski definition) is 8. The highest BCUT2D eigenvalue weighted by Gasteiger charge is 2.07. The molecule has 0 radical (unpaired) electrons. The minimum Gasteiger partial charge on any atom is -1.00 e. The van der Waals surface area contributed by atoms with E-state index < -0.39 is 20.0 Å². The van der Waals surface area contributed by atoms with E-state index in [2.05, 4.69) is 16.9 Å². The molecule has 0 heterocycles. The Labute approximate surface area is 131 Å². The Morgan fingerprint density at radius 1 is 1.33 bits per heavy atom. The third-order valence-electron chi connectivity index (χ3n) is 1.14. The Balaban J connectivity index is -0.0000000574. The Hall–Kier alpha value is -0.450. The van der Waals surface area contributed by atoms with Crippen LogP contribution in [0.5, 0.6) is 0 Å². The molecule has 0 saturated heterocycles. The number of phosphoric acid groups is 1. The number of halogens is 1. The lowest BCUT2D eigenvalue weighted by atomic mass is 10.1. The molecule has 2 unspecified atom stereocenters. The van der Waals surface area contributed by atoms with Crippen LogP contribution in [0.25, 0.3) is 0 Å². The monoisotopic (exact) mass is 356 g/mol. The second-order valence-electron chi connectivity index (χ2n) is 3.66. The molecule has 2 atom stereocenters. The molecule has 0 fully saturated rings. The van der Waals surface area contributed by atoms with Gasteiger partial charge in [-0.25, -0.2) is 0 Å². The maximum absolute atomic E-state index is 8.88. The van der Waals surface area contributed by atoms with E-state index in [9.17, 15) is 0 Å². The minimum absolute atomic E-state index is 0. The molecule has 0 aromatic heterocycles. The van der Waals surface area contributed by atoms with Gasteiger partial charge in [0.15, 0.2) is 0 Å². The zero-order valence-electron chi connectivity index (χ0n) is 12.8. The molecule has 0 bridgehead atoms. The minimum atomic E-state index is -4.89. The third kappa shape index (κ3) is 140. The summed E-state index contributed by atoms with van der Waals surface area (Å²) in [5.74, 6) is -0.0833. The molecular formula is C9H30ClN4O6P. The summed E-state index contributed by atoms with van der Waals surface area (Å²) < 4.78 is 8.77. The third-order valence-corrected chi connectivity index (χ3v) is 1.14. The number of aliphatic hydroxyl groups is 2. The lowest BCUT2D eigenvalue weighted by Gasteiger charge is -2.10. The molecule has 134 valence electrons. The van der Waals surface area contributed by atoms with Gasteiger partial charge in [-0.15, -0.1) is 0 Å². The largest absolute Gasteiger partial charge is 1.00 e. The van der Waals surface area contributed by atoms with Crippen molar-refractivity contribution in [1.29, 1.82) is 0 Å². The summed E-state index contributed by atoms with van der Waals surface area (Å²) in [5, 5.41) is 24.2. The standard InChI is InChI=1S/C6H14O2.C2H7N.CH5N3.ClH.H3O4P/c1-3-4-6(8)5(2)7;1-3-2;2-1(3)4;;1-5(2,3)4/h5-8H,3-4H2,1-2H3;3H,1-2H3;(H5,2,3,4);1H;(H3,1,2,3,4). The van der Waals surface area contributed by atoms with E-state index >= 15 is 0 Å². The van der Waals surface area contributed by atoms with E-state index in [1.54, 1.807) is 6.92 Å². The molecule has 0 spiro atoms. The van der Waals surface area contributed by atoms with Gasteiger partial charge in [-0.05, 0) is 13.3 Å². The first-order chi connectivity index (χ1) is 8.83. The van der Waals surface area contributed by atoms with E-state index in [4.69, 9.17) is 29.5 Å². The van der Waals surface area contributed by atoms with Crippen LogP contribution < -0.4 is 39.5 Å². The van der Waals surface area contributed by atoms with E-state index in [0.29, 0.717) is 6.42 Å². The summed E-state index contributed by atoms with van der Waals surface area (Å²) in [4.78, 5) is 22.9. The summed E-state index contributed by atoms with van der Waals surface area (Å²) >= 11 is 0. The molecule has 12 N–H and O–H groups in total. The van der Waals surface area contributed by atoms with Crippen molar-refractivity contribution in [2.75, 3.05) is 14.1 Å². The quantitative estimate of drug-likeness (QED) is 0.138. The second kappa shape index (κ2) is 21.8. The Morgan fingerprint density at radius 3 is 1.57 bits per heavy atom. The number of nitrogens with two attached hydrogens (primary N) is 4. The van der Waals surface area contributed by atoms with Crippen LogP contribution in [0.15, 0.2) is 0 Å². The van der Waals surface area contributed by atoms with Gasteiger partial charge in [0, 0.05) is 0 Å². The number of quaternary nitrogens is 1. The normalized spacial score (nSPS) is 11.7. The van der Waals surface area contributed by atoms with E-state index in [-0.39, 0.29) is 18.4 Å². The van der Waals surface area contributed by atoms with Gasteiger partial charge in [0.2, 0.25) is 0 Å². The van der Waals surface area contributed by atoms with E-state index in [0.717, 1.165) is 6.42 Å². The summed E-state index contributed by atoms with van der Waals surface area (Å²) in [5.41, 5.74) is 9.17. The Bertz CT molecular complexity index is 242. The van der Waals surface area contributed by atoms with Gasteiger partial charge in [-0.3, -0.25) is 21.4 Å². The van der Waals surface area contributed by atoms with Gasteiger partial charge in [-0.2, -0.15) is 0 Å². The molecule has 10 nitrogen and oxygen atoms in total. The molecule has 0 aromatic carbocycles. The summed E-state index contributed by atoms with van der Waals surface area (Å²) in [6.07, 6.45) is 0.513. The molecule has 0 aliphatic rings. The average molecular weight is 357 g/mol. The van der Waals surface area contributed by atoms with Crippen molar-refractivity contribution in [3.63, 3.8) is 0 Å². The fourth-order valence-electron chi connectivity index (χ4n) is 0.537. The molecule has 0 aliphatic heterocycles. The highest BCUT2D eigenvalue weighted by atomic mass is 35.5. The van der Waals surface area contributed by atoms with Gasteiger partial charge in [0.05, 0.1) is 26.3 Å². The molecule has 0 aliphatic carbocycles. The second-order valence-corrected chi connectivity index (χ2v) is 4.65. The van der Waals surface area contributed by atoms with E-state index in [1.165, 1.54) is 0 Å². The molecule has 0 aromatic rings. The maximum Gasteiger partial charge on any atom is 0.336 e. The maximum atomic E-state index is 8.88. The van der Waals surface area contributed by atoms with Crippen molar-refractivity contribution in [3.05, 3.63) is 0 Å². The summed E-state index contributed by atoms with van der Waals surface area (Å²) in [6, 6.07) is 0. The smallest absolute Gasteiger partial charge is 0.336 e. The summed E-state index contributed by atoms with van der Waals surface area (Å²) in [7, 11) is -0.889. The first-order valence-electron chi connectivity index (χ1n) is 5.83. The lowest BCUT2D eigenvalue weighted by Crippen LogP contribution is -3.00. The van der Waals surface area contributed by atoms with Crippen molar-refractivity contribution in [1.82, 2.24) is 0 Å². The number of hydrogen-bond acceptors (Lipinski definition) is 4. The first-order valence-corrected chi connectivity index (χ1v) is 7.36. The van der Waals surface area contributed by atoms with Crippen molar-refractivity contribution in [3.8, 4) is 0 Å². The van der Waals surface area contributed by atoms with Crippen LogP contribution in [0, 0.1) is 0 Å². The lowest BCUT2D eigenvalue weighted by molar-refractivity contribution is -0.597. The van der Waals surface area contributed by atoms with Crippen molar-refractivity contribution >= 4 is 13.8 Å². The van der Waals surface area contributed by atoms with Gasteiger partial charge in [0.1, 0.15) is 0 Å². The SMILES string of the molecule is CCCC(O)C(C)O.C[NH2+]C.NC(N)=[NH2+].O=P([O-])(O)O.[Cl-]. The predicted molar refractivity (Wildman–Crippen MR) is 73.7 cm³/mol. The molecular weight excluding hydrogens is 327 g/mol. The molecule has 0 rings (SSSR count). The first kappa shape index (κ1) is 32.5. The fourth-order valence-corrected chi connectivity index (χ4v) is 0.537. The summed E-state index contributed by atoms with van der Waals surface area (Å²) in [6.45, 7) is 3.58. The zero-order valence-corrected chi connectivity index (χ0v) is 14.5. The van der Waals surface area contributed by atoms with Crippen LogP contribution in [0.2, 0.25) is 0 Å². The van der Waals surface area contributed by atoms with Gasteiger partial charge in [0.25, 0.3) is 7.82 Å². The van der Waals surface area contributed by atoms with Crippen LogP contribution >= 0.6 is 7.82 Å². The van der Waals surface area contributed by atoms with Crippen molar-refractivity contribution in [2.45, 2.75) is 38.9 Å². The number of rotatable bonds is 3. The number of guanidine groups is 1. The Kier molecular flexibility index (Phi) is 33.8. The van der Waals surface area contributed by atoms with Crippen LogP contribution in [0.1, 0.15) is 26.7 Å². The van der Waals surface area contributed by atoms with Gasteiger partial charge >= 0.3 is 5.96 Å². The Morgan fingerprint density at radius 2 is 1.52 bits per heavy atom. The van der Waals surface area contributed by atoms with Crippen molar-refractivity contribution < 1.29 is 52.6 Å².